The van der Waals surface area contributed by atoms with E-state index in [0.29, 0.717) is 10.1 Å². The Morgan fingerprint density at radius 1 is 1.45 bits per heavy atom. The molecule has 2 aromatic heterocycles. The average molecular weight is 283 g/mol. The van der Waals surface area contributed by atoms with Crippen LogP contribution in [0.25, 0.3) is 10.9 Å². The van der Waals surface area contributed by atoms with Gasteiger partial charge in [-0.1, -0.05) is 6.92 Å². The Morgan fingerprint density at radius 2 is 2.15 bits per heavy atom. The largest absolute Gasteiger partial charge is 0.458 e. The summed E-state index contributed by atoms with van der Waals surface area (Å²) in [6, 6.07) is -1.83. The molecule has 0 atom stereocenters. The molecule has 0 bridgehead atoms. The van der Waals surface area contributed by atoms with E-state index in [1.807, 2.05) is 0 Å². The van der Waals surface area contributed by atoms with Gasteiger partial charge in [0.25, 0.3) is 0 Å². The number of alkyl halides is 2. The van der Waals surface area contributed by atoms with Crippen molar-refractivity contribution in [2.24, 2.45) is 0 Å². The monoisotopic (exact) mass is 283 g/mol. The standard InChI is InChI=1S/C13H15F2N3O2/c1-4-13(14,15)18-11-5-10(12(19)20-8(2)3)16-6-9(11)7-17-18/h5-8H,4H2,1-3H3. The van der Waals surface area contributed by atoms with Crippen LogP contribution in [-0.2, 0) is 10.8 Å². The zero-order valence-electron chi connectivity index (χ0n) is 11.4. The summed E-state index contributed by atoms with van der Waals surface area (Å²) in [6.07, 6.45) is 1.94. The van der Waals surface area contributed by atoms with Gasteiger partial charge >= 0.3 is 12.0 Å². The molecule has 0 N–H and O–H groups in total. The van der Waals surface area contributed by atoms with Crippen molar-refractivity contribution in [2.75, 3.05) is 0 Å². The molecule has 2 heterocycles. The predicted molar refractivity (Wildman–Crippen MR) is 68.6 cm³/mol. The molecule has 0 aliphatic carbocycles. The van der Waals surface area contributed by atoms with Crippen LogP contribution in [0.5, 0.6) is 0 Å². The lowest BCUT2D eigenvalue weighted by atomic mass is 10.2. The second-order valence-electron chi connectivity index (χ2n) is 4.66. The van der Waals surface area contributed by atoms with Gasteiger partial charge in [0.1, 0.15) is 0 Å². The van der Waals surface area contributed by atoms with Crippen LogP contribution in [0.1, 0.15) is 37.7 Å². The van der Waals surface area contributed by atoms with Crippen molar-refractivity contribution >= 4 is 16.9 Å². The van der Waals surface area contributed by atoms with Crippen LogP contribution in [0, 0.1) is 0 Å². The maximum absolute atomic E-state index is 13.8. The van der Waals surface area contributed by atoms with Crippen molar-refractivity contribution in [2.45, 2.75) is 39.3 Å². The number of hydrogen-bond acceptors (Lipinski definition) is 4. The highest BCUT2D eigenvalue weighted by Gasteiger charge is 2.31. The van der Waals surface area contributed by atoms with Gasteiger partial charge in [0.2, 0.25) is 0 Å². The fourth-order valence-electron chi connectivity index (χ4n) is 1.72. The van der Waals surface area contributed by atoms with E-state index >= 15 is 0 Å². The summed E-state index contributed by atoms with van der Waals surface area (Å²) in [5, 5.41) is 4.12. The fraction of sp³-hybridized carbons (Fsp3) is 0.462. The van der Waals surface area contributed by atoms with E-state index < -0.39 is 18.4 Å². The number of esters is 1. The number of fused-ring (bicyclic) bond motifs is 1. The summed E-state index contributed by atoms with van der Waals surface area (Å²) in [7, 11) is 0. The molecule has 2 aromatic rings. The van der Waals surface area contributed by atoms with Gasteiger partial charge < -0.3 is 4.74 Å². The highest BCUT2D eigenvalue weighted by Crippen LogP contribution is 2.28. The Balaban J connectivity index is 2.47. The smallest absolute Gasteiger partial charge is 0.357 e. The van der Waals surface area contributed by atoms with Crippen LogP contribution >= 0.6 is 0 Å². The highest BCUT2D eigenvalue weighted by atomic mass is 19.3. The number of ether oxygens (including phenoxy) is 1. The third kappa shape index (κ3) is 2.61. The van der Waals surface area contributed by atoms with E-state index in [1.165, 1.54) is 25.4 Å². The first-order valence-corrected chi connectivity index (χ1v) is 6.28. The van der Waals surface area contributed by atoms with Crippen molar-refractivity contribution in [1.82, 2.24) is 14.8 Å². The number of hydrogen-bond donors (Lipinski definition) is 0. The number of aromatic nitrogens is 3. The molecular weight excluding hydrogens is 268 g/mol. The maximum atomic E-state index is 13.8. The minimum atomic E-state index is -3.11. The molecule has 7 heteroatoms. The molecule has 0 aliphatic rings. The molecule has 0 aliphatic heterocycles. The van der Waals surface area contributed by atoms with Gasteiger partial charge in [-0.2, -0.15) is 13.9 Å². The van der Waals surface area contributed by atoms with Crippen molar-refractivity contribution in [1.29, 1.82) is 0 Å². The normalized spacial score (nSPS) is 12.1. The molecule has 20 heavy (non-hydrogen) atoms. The van der Waals surface area contributed by atoms with Crippen LogP contribution in [0.4, 0.5) is 8.78 Å². The molecule has 0 saturated carbocycles. The molecule has 5 nitrogen and oxygen atoms in total. The summed E-state index contributed by atoms with van der Waals surface area (Å²) in [4.78, 5) is 15.7. The van der Waals surface area contributed by atoms with Crippen molar-refractivity contribution in [3.05, 3.63) is 24.2 Å². The molecule has 108 valence electrons. The summed E-state index contributed by atoms with van der Waals surface area (Å²) in [5.41, 5.74) is 0.141. The van der Waals surface area contributed by atoms with Gasteiger partial charge in [-0.15, -0.1) is 0 Å². The van der Waals surface area contributed by atoms with E-state index in [0.717, 1.165) is 0 Å². The third-order valence-electron chi connectivity index (χ3n) is 2.74. The fourth-order valence-corrected chi connectivity index (χ4v) is 1.72. The average Bonchev–Trinajstić information content (AvgIpc) is 2.81. The topological polar surface area (TPSA) is 57.0 Å². The quantitative estimate of drug-likeness (QED) is 0.809. The second-order valence-corrected chi connectivity index (χ2v) is 4.66. The van der Waals surface area contributed by atoms with Crippen molar-refractivity contribution < 1.29 is 18.3 Å². The zero-order chi connectivity index (χ0) is 14.9. The van der Waals surface area contributed by atoms with Gasteiger partial charge in [0, 0.05) is 18.0 Å². The molecule has 0 unspecified atom stereocenters. The van der Waals surface area contributed by atoms with Gasteiger partial charge in [-0.05, 0) is 19.9 Å². The Kier molecular flexibility index (Phi) is 3.69. The van der Waals surface area contributed by atoms with Gasteiger partial charge in [0.05, 0.1) is 17.8 Å². The minimum Gasteiger partial charge on any atom is -0.458 e. The van der Waals surface area contributed by atoms with Gasteiger partial charge in [0.15, 0.2) is 5.69 Å². The summed E-state index contributed by atoms with van der Waals surface area (Å²) >= 11 is 0. The summed E-state index contributed by atoms with van der Waals surface area (Å²) in [5.74, 6) is -0.644. The molecule has 0 radical (unpaired) electrons. The van der Waals surface area contributed by atoms with E-state index in [2.05, 4.69) is 10.1 Å². The summed E-state index contributed by atoms with van der Waals surface area (Å²) < 4.78 is 33.1. The van der Waals surface area contributed by atoms with Crippen LogP contribution in [0.3, 0.4) is 0 Å². The molecule has 2 rings (SSSR count). The summed E-state index contributed by atoms with van der Waals surface area (Å²) in [6.45, 7) is 4.76. The highest BCUT2D eigenvalue weighted by molar-refractivity contribution is 5.91. The molecular formula is C13H15F2N3O2. The Hall–Kier alpha value is -2.05. The Bertz CT molecular complexity index is 638. The molecule has 0 spiro atoms. The lowest BCUT2D eigenvalue weighted by Crippen LogP contribution is -2.23. The molecule has 0 saturated heterocycles. The molecule has 0 aromatic carbocycles. The number of halogens is 2. The third-order valence-corrected chi connectivity index (χ3v) is 2.74. The maximum Gasteiger partial charge on any atom is 0.357 e. The van der Waals surface area contributed by atoms with Crippen LogP contribution in [0.2, 0.25) is 0 Å². The second kappa shape index (κ2) is 5.15. The first-order chi connectivity index (χ1) is 9.35. The van der Waals surface area contributed by atoms with Crippen LogP contribution in [0.15, 0.2) is 18.5 Å². The Labute approximate surface area is 114 Å². The predicted octanol–water partition coefficient (Wildman–Crippen LogP) is 2.96. The van der Waals surface area contributed by atoms with E-state index in [9.17, 15) is 13.6 Å². The van der Waals surface area contributed by atoms with Crippen molar-refractivity contribution in [3.63, 3.8) is 0 Å². The van der Waals surface area contributed by atoms with E-state index in [-0.39, 0.29) is 17.3 Å². The first-order valence-electron chi connectivity index (χ1n) is 6.28. The SMILES string of the molecule is CCC(F)(F)n1ncc2cnc(C(=O)OC(C)C)cc21. The lowest BCUT2D eigenvalue weighted by Gasteiger charge is -2.15. The number of nitrogens with zero attached hydrogens (tertiary/aromatic N) is 3. The number of carbonyl (C=O) groups is 1. The number of pyridine rings is 1. The molecule has 0 amide bonds. The first kappa shape index (κ1) is 14.4. The van der Waals surface area contributed by atoms with Crippen LogP contribution in [-0.4, -0.2) is 26.8 Å². The van der Waals surface area contributed by atoms with Crippen molar-refractivity contribution in [3.8, 4) is 0 Å². The zero-order valence-corrected chi connectivity index (χ0v) is 11.4. The van der Waals surface area contributed by atoms with E-state index in [4.69, 9.17) is 4.74 Å². The van der Waals surface area contributed by atoms with Gasteiger partial charge in [-0.25, -0.2) is 14.5 Å². The lowest BCUT2D eigenvalue weighted by molar-refractivity contribution is -0.0910. The number of carbonyl (C=O) groups excluding carboxylic acids is 1. The van der Waals surface area contributed by atoms with E-state index in [1.54, 1.807) is 13.8 Å². The minimum absolute atomic E-state index is 0.0140. The van der Waals surface area contributed by atoms with Crippen LogP contribution < -0.4 is 0 Å². The Morgan fingerprint density at radius 3 is 2.75 bits per heavy atom. The van der Waals surface area contributed by atoms with Gasteiger partial charge in [-0.3, -0.25) is 0 Å². The molecule has 0 fully saturated rings. The number of rotatable bonds is 4.